The van der Waals surface area contributed by atoms with Crippen LogP contribution in [-0.4, -0.2) is 18.0 Å². The van der Waals surface area contributed by atoms with Gasteiger partial charge in [0.25, 0.3) is 5.69 Å². The van der Waals surface area contributed by atoms with Crippen molar-refractivity contribution in [3.05, 3.63) is 37.8 Å². The molecule has 7 heteroatoms. The van der Waals surface area contributed by atoms with Gasteiger partial charge in [0, 0.05) is 6.07 Å². The Morgan fingerprint density at radius 3 is 2.69 bits per heavy atom. The van der Waals surface area contributed by atoms with Crippen molar-refractivity contribution in [3.63, 3.8) is 0 Å². The van der Waals surface area contributed by atoms with Gasteiger partial charge < -0.3 is 4.74 Å². The number of methoxy groups -OCH3 is 1. The lowest BCUT2D eigenvalue weighted by atomic mass is 10.1. The predicted octanol–water partition coefficient (Wildman–Crippen LogP) is 2.02. The van der Waals surface area contributed by atoms with Crippen LogP contribution in [0.3, 0.4) is 0 Å². The Morgan fingerprint density at radius 1 is 1.62 bits per heavy atom. The summed E-state index contributed by atoms with van der Waals surface area (Å²) in [6.07, 6.45) is 0. The fourth-order valence-electron chi connectivity index (χ4n) is 1.10. The van der Waals surface area contributed by atoms with E-state index in [4.69, 9.17) is 5.26 Å². The van der Waals surface area contributed by atoms with Gasteiger partial charge in [-0.3, -0.25) is 10.1 Å². The Labute approximate surface area is 98.7 Å². The van der Waals surface area contributed by atoms with Crippen LogP contribution in [0.2, 0.25) is 0 Å². The number of nitrogens with zero attached hydrogens (tertiary/aromatic N) is 2. The molecule has 0 fully saturated rings. The van der Waals surface area contributed by atoms with Crippen molar-refractivity contribution in [1.29, 1.82) is 5.26 Å². The van der Waals surface area contributed by atoms with Gasteiger partial charge in [-0.1, -0.05) is 0 Å². The van der Waals surface area contributed by atoms with Crippen LogP contribution in [0, 0.1) is 21.4 Å². The molecule has 0 bridgehead atoms. The number of benzene rings is 1. The number of esters is 1. The molecular weight excluding hydrogens is 280 g/mol. The zero-order valence-corrected chi connectivity index (χ0v) is 9.65. The summed E-state index contributed by atoms with van der Waals surface area (Å²) in [5, 5.41) is 19.4. The van der Waals surface area contributed by atoms with Crippen molar-refractivity contribution < 1.29 is 14.5 Å². The molecule has 0 heterocycles. The molecule has 0 aliphatic heterocycles. The van der Waals surface area contributed by atoms with Gasteiger partial charge in [0.15, 0.2) is 0 Å². The molecule has 0 N–H and O–H groups in total. The van der Waals surface area contributed by atoms with Crippen molar-refractivity contribution in [2.24, 2.45) is 0 Å². The zero-order chi connectivity index (χ0) is 12.3. The van der Waals surface area contributed by atoms with E-state index in [-0.39, 0.29) is 21.3 Å². The number of ether oxygens (including phenoxy) is 1. The first-order chi connectivity index (χ1) is 7.52. The van der Waals surface area contributed by atoms with Gasteiger partial charge in [-0.15, -0.1) is 0 Å². The Balaban J connectivity index is 3.54. The highest BCUT2D eigenvalue weighted by molar-refractivity contribution is 9.10. The molecule has 0 saturated heterocycles. The summed E-state index contributed by atoms with van der Waals surface area (Å²) in [7, 11) is 1.13. The Kier molecular flexibility index (Phi) is 3.58. The summed E-state index contributed by atoms with van der Waals surface area (Å²) >= 11 is 2.92. The molecule has 0 amide bonds. The highest BCUT2D eigenvalue weighted by Crippen LogP contribution is 2.31. The first-order valence-corrected chi connectivity index (χ1v) is 4.77. The number of nitro benzene ring substituents is 1. The highest BCUT2D eigenvalue weighted by atomic mass is 79.9. The summed E-state index contributed by atoms with van der Waals surface area (Å²) < 4.78 is 4.40. The first-order valence-electron chi connectivity index (χ1n) is 3.98. The number of rotatable bonds is 2. The number of nitro groups is 1. The van der Waals surface area contributed by atoms with Gasteiger partial charge in [0.1, 0.15) is 10.5 Å². The Morgan fingerprint density at radius 2 is 2.25 bits per heavy atom. The van der Waals surface area contributed by atoms with Gasteiger partial charge in [-0.25, -0.2) is 4.79 Å². The van der Waals surface area contributed by atoms with Crippen LogP contribution < -0.4 is 0 Å². The summed E-state index contributed by atoms with van der Waals surface area (Å²) in [6, 6.07) is 4.12. The lowest BCUT2D eigenvalue weighted by molar-refractivity contribution is -0.385. The fraction of sp³-hybridized carbons (Fsp3) is 0.111. The van der Waals surface area contributed by atoms with E-state index in [1.54, 1.807) is 6.07 Å². The third kappa shape index (κ3) is 2.01. The van der Waals surface area contributed by atoms with Crippen molar-refractivity contribution in [2.45, 2.75) is 0 Å². The maximum atomic E-state index is 11.4. The van der Waals surface area contributed by atoms with E-state index in [1.807, 2.05) is 0 Å². The van der Waals surface area contributed by atoms with Crippen LogP contribution in [-0.2, 0) is 4.74 Å². The lowest BCUT2D eigenvalue weighted by Crippen LogP contribution is -2.07. The third-order valence-electron chi connectivity index (χ3n) is 1.83. The van der Waals surface area contributed by atoms with Gasteiger partial charge in [0.2, 0.25) is 0 Å². The largest absolute Gasteiger partial charge is 0.465 e. The summed E-state index contributed by atoms with van der Waals surface area (Å²) in [4.78, 5) is 21.3. The summed E-state index contributed by atoms with van der Waals surface area (Å²) in [6.45, 7) is 0. The number of halogens is 1. The maximum Gasteiger partial charge on any atom is 0.340 e. The second kappa shape index (κ2) is 4.72. The molecule has 0 radical (unpaired) electrons. The molecule has 6 nitrogen and oxygen atoms in total. The molecule has 0 aromatic heterocycles. The smallest absolute Gasteiger partial charge is 0.340 e. The number of carbonyl (C=O) groups excluding carboxylic acids is 1. The average molecular weight is 285 g/mol. The molecule has 0 aliphatic rings. The molecule has 0 aliphatic carbocycles. The number of hydrogen-bond acceptors (Lipinski definition) is 5. The molecule has 1 rings (SSSR count). The van der Waals surface area contributed by atoms with Crippen molar-refractivity contribution in [3.8, 4) is 6.07 Å². The first kappa shape index (κ1) is 12.1. The number of hydrogen-bond donors (Lipinski definition) is 0. The van der Waals surface area contributed by atoms with Crippen molar-refractivity contribution >= 4 is 27.6 Å². The molecular formula is C9H5BrN2O4. The molecule has 0 spiro atoms. The standard InChI is InChI=1S/C9H5BrN2O4/c1-16-9(13)7-5(4-11)2-3-6(8(7)10)12(14)15/h2-3H,1H3. The zero-order valence-electron chi connectivity index (χ0n) is 8.06. The number of carbonyl (C=O) groups is 1. The SMILES string of the molecule is COC(=O)c1c(C#N)ccc([N+](=O)[O-])c1Br. The van der Waals surface area contributed by atoms with E-state index in [0.29, 0.717) is 0 Å². The maximum absolute atomic E-state index is 11.4. The quantitative estimate of drug-likeness (QED) is 0.470. The molecule has 0 unspecified atom stereocenters. The van der Waals surface area contributed by atoms with Gasteiger partial charge >= 0.3 is 5.97 Å². The number of nitriles is 1. The van der Waals surface area contributed by atoms with E-state index in [0.717, 1.165) is 13.2 Å². The fourth-order valence-corrected chi connectivity index (χ4v) is 1.75. The van der Waals surface area contributed by atoms with Crippen molar-refractivity contribution in [2.75, 3.05) is 7.11 Å². The van der Waals surface area contributed by atoms with Crippen LogP contribution in [0.1, 0.15) is 15.9 Å². The van der Waals surface area contributed by atoms with Crippen LogP contribution in [0.25, 0.3) is 0 Å². The molecule has 1 aromatic carbocycles. The minimum Gasteiger partial charge on any atom is -0.465 e. The average Bonchev–Trinajstić information content (AvgIpc) is 2.26. The second-order valence-electron chi connectivity index (χ2n) is 2.68. The van der Waals surface area contributed by atoms with E-state index >= 15 is 0 Å². The summed E-state index contributed by atoms with van der Waals surface area (Å²) in [5.74, 6) is -0.799. The van der Waals surface area contributed by atoms with Gasteiger partial charge in [0.05, 0.1) is 23.2 Å². The molecule has 0 atom stereocenters. The van der Waals surface area contributed by atoms with Crippen LogP contribution in [0.4, 0.5) is 5.69 Å². The topological polar surface area (TPSA) is 93.2 Å². The monoisotopic (exact) mass is 284 g/mol. The van der Waals surface area contributed by atoms with E-state index in [9.17, 15) is 14.9 Å². The van der Waals surface area contributed by atoms with Gasteiger partial charge in [-0.05, 0) is 22.0 Å². The Bertz CT molecular complexity index is 507. The van der Waals surface area contributed by atoms with E-state index in [1.165, 1.54) is 6.07 Å². The lowest BCUT2D eigenvalue weighted by Gasteiger charge is -2.04. The summed E-state index contributed by atoms with van der Waals surface area (Å²) in [5.41, 5.74) is -0.414. The Hall–Kier alpha value is -1.94. The molecule has 16 heavy (non-hydrogen) atoms. The van der Waals surface area contributed by atoms with Crippen LogP contribution in [0.5, 0.6) is 0 Å². The molecule has 1 aromatic rings. The molecule has 0 saturated carbocycles. The predicted molar refractivity (Wildman–Crippen MR) is 56.9 cm³/mol. The van der Waals surface area contributed by atoms with Crippen LogP contribution >= 0.6 is 15.9 Å². The van der Waals surface area contributed by atoms with Crippen molar-refractivity contribution in [1.82, 2.24) is 0 Å². The minimum absolute atomic E-state index is 0.0179. The minimum atomic E-state index is -0.799. The molecule has 82 valence electrons. The van der Waals surface area contributed by atoms with Crippen LogP contribution in [0.15, 0.2) is 16.6 Å². The second-order valence-corrected chi connectivity index (χ2v) is 3.47. The normalized spacial score (nSPS) is 9.31. The van der Waals surface area contributed by atoms with Gasteiger partial charge in [-0.2, -0.15) is 5.26 Å². The van der Waals surface area contributed by atoms with E-state index in [2.05, 4.69) is 20.7 Å². The highest BCUT2D eigenvalue weighted by Gasteiger charge is 2.24. The third-order valence-corrected chi connectivity index (χ3v) is 2.63. The van der Waals surface area contributed by atoms with E-state index < -0.39 is 10.9 Å².